The average molecular weight is 485 g/mol. The van der Waals surface area contributed by atoms with Crippen LogP contribution in [0, 0.1) is 43.3 Å². The molecule has 9 nitrogen and oxygen atoms in total. The van der Waals surface area contributed by atoms with Gasteiger partial charge in [-0.3, -0.25) is 14.4 Å². The summed E-state index contributed by atoms with van der Waals surface area (Å²) in [6.07, 6.45) is 5.46. The quantitative estimate of drug-likeness (QED) is 0.374. The van der Waals surface area contributed by atoms with Gasteiger partial charge in [-0.25, -0.2) is 12.8 Å². The highest BCUT2D eigenvalue weighted by molar-refractivity contribution is 7.91. The number of nitriles is 1. The number of sulfone groups is 1. The predicted molar refractivity (Wildman–Crippen MR) is 121 cm³/mol. The fraction of sp³-hybridized carbons (Fsp3) is 0.304. The van der Waals surface area contributed by atoms with Crippen LogP contribution in [0.3, 0.4) is 0 Å². The molecule has 34 heavy (non-hydrogen) atoms. The number of amides is 2. The number of halogens is 1. The van der Waals surface area contributed by atoms with Crippen molar-refractivity contribution in [1.29, 1.82) is 5.26 Å². The van der Waals surface area contributed by atoms with Crippen molar-refractivity contribution in [2.75, 3.05) is 16.8 Å². The summed E-state index contributed by atoms with van der Waals surface area (Å²) < 4.78 is 38.7. The first-order valence-corrected chi connectivity index (χ1v) is 11.9. The molecule has 0 bridgehead atoms. The Bertz CT molecular complexity index is 1430. The molecule has 2 aromatic rings. The molecule has 176 valence electrons. The number of nitrogens with one attached hydrogen (secondary N) is 2. The number of carbonyl (C=O) groups excluding carboxylic acids is 3. The second-order valence-corrected chi connectivity index (χ2v) is 10.3. The summed E-state index contributed by atoms with van der Waals surface area (Å²) in [5.41, 5.74) is -0.945. The van der Waals surface area contributed by atoms with Crippen LogP contribution in [0.25, 0.3) is 0 Å². The summed E-state index contributed by atoms with van der Waals surface area (Å²) in [5.74, 6) is -1.77. The molecule has 0 radical (unpaired) electrons. The summed E-state index contributed by atoms with van der Waals surface area (Å²) in [7, 11) is -1.91. The van der Waals surface area contributed by atoms with E-state index in [0.29, 0.717) is 5.69 Å². The summed E-state index contributed by atoms with van der Waals surface area (Å²) in [5, 5.41) is 13.9. The predicted octanol–water partition coefficient (Wildman–Crippen LogP) is 1.39. The lowest BCUT2D eigenvalue weighted by Crippen LogP contribution is -2.50. The van der Waals surface area contributed by atoms with Crippen LogP contribution < -0.4 is 10.6 Å². The van der Waals surface area contributed by atoms with Crippen LogP contribution in [0.5, 0.6) is 0 Å². The average Bonchev–Trinajstić information content (AvgIpc) is 3.20. The fourth-order valence-corrected chi connectivity index (χ4v) is 5.85. The molecule has 1 aliphatic rings. The molecule has 0 saturated carbocycles. The van der Waals surface area contributed by atoms with E-state index in [2.05, 4.69) is 16.6 Å². The van der Waals surface area contributed by atoms with Gasteiger partial charge in [0, 0.05) is 18.4 Å². The molecule has 1 atom stereocenters. The number of nitrogens with zero attached hydrogens (tertiary/aromatic N) is 2. The van der Waals surface area contributed by atoms with Gasteiger partial charge < -0.3 is 15.2 Å². The molecule has 1 unspecified atom stereocenters. The first-order valence-electron chi connectivity index (χ1n) is 10.1. The maximum atomic E-state index is 13.6. The van der Waals surface area contributed by atoms with Gasteiger partial charge in [0.1, 0.15) is 23.1 Å². The zero-order valence-corrected chi connectivity index (χ0v) is 19.5. The van der Waals surface area contributed by atoms with Crippen LogP contribution in [0.15, 0.2) is 18.2 Å². The Morgan fingerprint density at radius 1 is 1.26 bits per heavy atom. The van der Waals surface area contributed by atoms with Gasteiger partial charge in [0.2, 0.25) is 0 Å². The SMILES string of the molecule is C#CC1(NC(=O)C(=O)c2c(C)c(C(=O)Nc3ccc(F)c(C#N)c3)n(C)c2C)CCS(=O)(=O)C1. The molecule has 0 aliphatic carbocycles. The van der Waals surface area contributed by atoms with Gasteiger partial charge in [-0.15, -0.1) is 6.42 Å². The van der Waals surface area contributed by atoms with E-state index in [1.807, 2.05) is 0 Å². The summed E-state index contributed by atoms with van der Waals surface area (Å²) in [6.45, 7) is 3.04. The van der Waals surface area contributed by atoms with E-state index in [-0.39, 0.29) is 40.2 Å². The summed E-state index contributed by atoms with van der Waals surface area (Å²) in [4.78, 5) is 38.7. The zero-order valence-electron chi connectivity index (χ0n) is 18.7. The normalized spacial score (nSPS) is 18.5. The van der Waals surface area contributed by atoms with Crippen molar-refractivity contribution in [3.8, 4) is 18.4 Å². The van der Waals surface area contributed by atoms with Crippen molar-refractivity contribution in [2.45, 2.75) is 25.8 Å². The van der Waals surface area contributed by atoms with Crippen molar-refractivity contribution >= 4 is 33.1 Å². The van der Waals surface area contributed by atoms with E-state index in [9.17, 15) is 27.2 Å². The van der Waals surface area contributed by atoms with E-state index in [1.54, 1.807) is 13.0 Å². The van der Waals surface area contributed by atoms with Gasteiger partial charge >= 0.3 is 0 Å². The van der Waals surface area contributed by atoms with Gasteiger partial charge in [-0.05, 0) is 44.0 Å². The smallest absolute Gasteiger partial charge is 0.293 e. The number of hydrogen-bond donors (Lipinski definition) is 2. The molecule has 1 aromatic heterocycles. The van der Waals surface area contributed by atoms with E-state index < -0.39 is 44.5 Å². The lowest BCUT2D eigenvalue weighted by Gasteiger charge is -2.22. The third-order valence-corrected chi connectivity index (χ3v) is 7.62. The number of terminal acetylenes is 1. The van der Waals surface area contributed by atoms with Crippen molar-refractivity contribution in [1.82, 2.24) is 9.88 Å². The number of ketones is 1. The Morgan fingerprint density at radius 3 is 2.50 bits per heavy atom. The van der Waals surface area contributed by atoms with Crippen LogP contribution in [0.1, 0.15) is 44.1 Å². The molecular weight excluding hydrogens is 463 g/mol. The van der Waals surface area contributed by atoms with Crippen molar-refractivity contribution in [2.24, 2.45) is 7.05 Å². The minimum absolute atomic E-state index is 0.00633. The molecule has 1 aromatic carbocycles. The largest absolute Gasteiger partial charge is 0.343 e. The second-order valence-electron chi connectivity index (χ2n) is 8.11. The Hall–Kier alpha value is -3.96. The van der Waals surface area contributed by atoms with Gasteiger partial charge in [-0.2, -0.15) is 5.26 Å². The Labute approximate surface area is 195 Å². The molecular formula is C23H21FN4O5S. The van der Waals surface area contributed by atoms with E-state index in [0.717, 1.165) is 6.07 Å². The number of carbonyl (C=O) groups is 3. The highest BCUT2D eigenvalue weighted by atomic mass is 32.2. The number of benzene rings is 1. The van der Waals surface area contributed by atoms with Crippen LogP contribution >= 0.6 is 0 Å². The van der Waals surface area contributed by atoms with E-state index >= 15 is 0 Å². The molecule has 1 saturated heterocycles. The van der Waals surface area contributed by atoms with Crippen LogP contribution in [-0.2, 0) is 21.7 Å². The topological polar surface area (TPSA) is 138 Å². The molecule has 1 fully saturated rings. The van der Waals surface area contributed by atoms with Crippen molar-refractivity contribution in [3.05, 3.63) is 52.1 Å². The van der Waals surface area contributed by atoms with Crippen LogP contribution in [0.2, 0.25) is 0 Å². The third-order valence-electron chi connectivity index (χ3n) is 5.86. The van der Waals surface area contributed by atoms with Crippen molar-refractivity contribution < 1.29 is 27.2 Å². The summed E-state index contributed by atoms with van der Waals surface area (Å²) >= 11 is 0. The number of anilines is 1. The molecule has 3 rings (SSSR count). The number of Topliss-reactive ketones (excluding diaryl/α,β-unsaturated/α-hetero) is 1. The molecule has 2 heterocycles. The van der Waals surface area contributed by atoms with Crippen LogP contribution in [0.4, 0.5) is 10.1 Å². The first kappa shape index (κ1) is 24.7. The number of rotatable bonds is 5. The zero-order chi connectivity index (χ0) is 25.4. The molecule has 1 aliphatic heterocycles. The number of aromatic nitrogens is 1. The molecule has 11 heteroatoms. The Kier molecular flexibility index (Phi) is 6.36. The first-order chi connectivity index (χ1) is 15.8. The van der Waals surface area contributed by atoms with Crippen LogP contribution in [-0.4, -0.2) is 47.6 Å². The standard InChI is InChI=1S/C23H21FN4O5S/c1-5-23(8-9-34(32,33)12-23)27-22(31)20(29)18-13(2)19(28(4)14(18)3)21(30)26-16-6-7-17(24)15(10-16)11-25/h1,6-7,10H,8-9,12H2,2-4H3,(H,26,30)(H,27,31). The fourth-order valence-electron chi connectivity index (χ4n) is 4.00. The lowest BCUT2D eigenvalue weighted by molar-refractivity contribution is -0.118. The van der Waals surface area contributed by atoms with E-state index in [1.165, 1.54) is 30.7 Å². The minimum Gasteiger partial charge on any atom is -0.343 e. The highest BCUT2D eigenvalue weighted by Gasteiger charge is 2.43. The van der Waals surface area contributed by atoms with Gasteiger partial charge in [0.15, 0.2) is 9.84 Å². The van der Waals surface area contributed by atoms with Gasteiger partial charge in [0.05, 0.1) is 22.6 Å². The van der Waals surface area contributed by atoms with Gasteiger partial charge in [-0.1, -0.05) is 5.92 Å². The van der Waals surface area contributed by atoms with Gasteiger partial charge in [0.25, 0.3) is 17.6 Å². The molecule has 0 spiro atoms. The monoisotopic (exact) mass is 484 g/mol. The Morgan fingerprint density at radius 2 is 1.94 bits per heavy atom. The molecule has 2 amide bonds. The second kappa shape index (κ2) is 8.76. The maximum Gasteiger partial charge on any atom is 0.293 e. The van der Waals surface area contributed by atoms with Crippen molar-refractivity contribution in [3.63, 3.8) is 0 Å². The maximum absolute atomic E-state index is 13.6. The van der Waals surface area contributed by atoms with E-state index in [4.69, 9.17) is 11.7 Å². The minimum atomic E-state index is -3.44. The summed E-state index contributed by atoms with van der Waals surface area (Å²) in [6, 6.07) is 5.18. The lowest BCUT2D eigenvalue weighted by atomic mass is 9.98. The highest BCUT2D eigenvalue weighted by Crippen LogP contribution is 2.26. The Balaban J connectivity index is 1.89. The third kappa shape index (κ3) is 4.43. The number of hydrogen-bond acceptors (Lipinski definition) is 6. The molecule has 2 N–H and O–H groups in total.